The van der Waals surface area contributed by atoms with Crippen LogP contribution in [0.4, 0.5) is 0 Å². The number of aromatic amines is 1. The topological polar surface area (TPSA) is 57.8 Å². The number of carbonyl (C=O) groups is 1. The van der Waals surface area contributed by atoms with E-state index in [0.29, 0.717) is 5.82 Å². The molecule has 0 saturated heterocycles. The Balaban J connectivity index is 2.80. The first-order chi connectivity index (χ1) is 6.29. The summed E-state index contributed by atoms with van der Waals surface area (Å²) in [5.74, 6) is 0.136. The molecule has 0 aliphatic rings. The van der Waals surface area contributed by atoms with Gasteiger partial charge >= 0.3 is 0 Å². The molecular weight excluding hydrogens is 361 g/mol. The van der Waals surface area contributed by atoms with Crippen LogP contribution in [0, 0.1) is 3.70 Å². The normalized spacial score (nSPS) is 11.5. The summed E-state index contributed by atoms with van der Waals surface area (Å²) in [6.07, 6.45) is 0. The van der Waals surface area contributed by atoms with E-state index in [1.165, 1.54) is 0 Å². The van der Waals surface area contributed by atoms with E-state index < -0.39 is 0 Å². The second-order valence-corrected chi connectivity index (χ2v) is 5.71. The van der Waals surface area contributed by atoms with Gasteiger partial charge in [0.05, 0.1) is 0 Å². The van der Waals surface area contributed by atoms with Crippen LogP contribution < -0.4 is 5.32 Å². The van der Waals surface area contributed by atoms with Crippen LogP contribution in [0.5, 0.6) is 0 Å². The molecule has 6 heteroatoms. The number of carbonyl (C=O) groups excluding carboxylic acids is 1. The number of halogens is 2. The Morgan fingerprint density at radius 3 is 2.50 bits per heavy atom. The summed E-state index contributed by atoms with van der Waals surface area (Å²) in [6, 6.07) is 0. The van der Waals surface area contributed by atoms with Crippen molar-refractivity contribution in [3.05, 3.63) is 14.1 Å². The molecule has 78 valence electrons. The molecule has 1 aromatic rings. The molecule has 1 amide bonds. The van der Waals surface area contributed by atoms with Crippen LogP contribution in [-0.2, 0) is 0 Å². The van der Waals surface area contributed by atoms with Crippen molar-refractivity contribution in [2.45, 2.75) is 26.3 Å². The van der Waals surface area contributed by atoms with Gasteiger partial charge in [-0.25, -0.2) is 4.98 Å². The van der Waals surface area contributed by atoms with E-state index in [1.807, 2.05) is 43.4 Å². The van der Waals surface area contributed by atoms with Crippen LogP contribution in [0.1, 0.15) is 31.4 Å². The highest BCUT2D eigenvalue weighted by Crippen LogP contribution is 2.15. The van der Waals surface area contributed by atoms with Crippen molar-refractivity contribution in [3.63, 3.8) is 0 Å². The summed E-state index contributed by atoms with van der Waals surface area (Å²) in [4.78, 5) is 18.5. The number of aromatic nitrogens is 2. The fraction of sp³-hybridized carbons (Fsp3) is 0.500. The fourth-order valence-corrected chi connectivity index (χ4v) is 1.49. The molecule has 0 bridgehead atoms. The third-order valence-corrected chi connectivity index (χ3v) is 3.42. The van der Waals surface area contributed by atoms with Gasteiger partial charge in [-0.05, 0) is 59.3 Å². The summed E-state index contributed by atoms with van der Waals surface area (Å²) in [5.41, 5.74) is -0.248. The molecule has 0 aliphatic heterocycles. The van der Waals surface area contributed by atoms with Crippen LogP contribution in [0.2, 0.25) is 0 Å². The predicted octanol–water partition coefficient (Wildman–Crippen LogP) is 2.31. The van der Waals surface area contributed by atoms with Crippen molar-refractivity contribution in [3.8, 4) is 0 Å². The van der Waals surface area contributed by atoms with Crippen molar-refractivity contribution in [2.75, 3.05) is 0 Å². The van der Waals surface area contributed by atoms with E-state index in [1.54, 1.807) is 0 Å². The smallest absolute Gasteiger partial charge is 0.287 e. The number of nitrogens with one attached hydrogen (secondary N) is 2. The third-order valence-electron chi connectivity index (χ3n) is 1.32. The second-order valence-electron chi connectivity index (χ2n) is 3.89. The van der Waals surface area contributed by atoms with E-state index >= 15 is 0 Å². The molecule has 4 nitrogen and oxygen atoms in total. The van der Waals surface area contributed by atoms with Gasteiger partial charge in [0.25, 0.3) is 5.91 Å². The minimum atomic E-state index is -0.248. The van der Waals surface area contributed by atoms with Crippen LogP contribution in [0.25, 0.3) is 0 Å². The van der Waals surface area contributed by atoms with E-state index in [4.69, 9.17) is 0 Å². The van der Waals surface area contributed by atoms with Crippen molar-refractivity contribution < 1.29 is 4.79 Å². The molecule has 1 rings (SSSR count). The Morgan fingerprint density at radius 1 is 1.57 bits per heavy atom. The van der Waals surface area contributed by atoms with Gasteiger partial charge in [0.15, 0.2) is 5.82 Å². The molecule has 14 heavy (non-hydrogen) atoms. The zero-order valence-electron chi connectivity index (χ0n) is 8.11. The summed E-state index contributed by atoms with van der Waals surface area (Å²) in [5, 5.41) is 2.82. The Labute approximate surface area is 105 Å². The lowest BCUT2D eigenvalue weighted by atomic mass is 10.1. The van der Waals surface area contributed by atoms with Gasteiger partial charge in [-0.1, -0.05) is 0 Å². The first kappa shape index (κ1) is 12.0. The Hall–Kier alpha value is -0.110. The lowest BCUT2D eigenvalue weighted by Gasteiger charge is -2.19. The lowest BCUT2D eigenvalue weighted by molar-refractivity contribution is 0.0909. The maximum atomic E-state index is 11.6. The molecule has 2 N–H and O–H groups in total. The number of amides is 1. The zero-order valence-corrected chi connectivity index (χ0v) is 11.9. The Morgan fingerprint density at radius 2 is 2.14 bits per heavy atom. The monoisotopic (exact) mass is 371 g/mol. The van der Waals surface area contributed by atoms with Gasteiger partial charge in [-0.2, -0.15) is 0 Å². The summed E-state index contributed by atoms with van der Waals surface area (Å²) in [7, 11) is 0. The highest BCUT2D eigenvalue weighted by atomic mass is 127. The van der Waals surface area contributed by atoms with Gasteiger partial charge in [0, 0.05) is 5.54 Å². The van der Waals surface area contributed by atoms with Crippen LogP contribution in [0.15, 0.2) is 4.60 Å². The van der Waals surface area contributed by atoms with Crippen LogP contribution in [-0.4, -0.2) is 21.4 Å². The molecule has 0 radical (unpaired) electrons. The zero-order chi connectivity index (χ0) is 10.9. The Kier molecular flexibility index (Phi) is 3.57. The van der Waals surface area contributed by atoms with Gasteiger partial charge in [-0.15, -0.1) is 0 Å². The molecule has 0 unspecified atom stereocenters. The maximum Gasteiger partial charge on any atom is 0.287 e. The number of hydrogen-bond acceptors (Lipinski definition) is 2. The standard InChI is InChI=1S/C8H11BrIN3O/c1-8(2,3)13-7(14)6-11-4(9)5(10)12-6/h1-3H3,(H,11,12)(H,13,14). The summed E-state index contributed by atoms with van der Waals surface area (Å²) >= 11 is 5.30. The van der Waals surface area contributed by atoms with Gasteiger partial charge in [0.2, 0.25) is 0 Å². The number of imidazole rings is 1. The lowest BCUT2D eigenvalue weighted by Crippen LogP contribution is -2.41. The molecule has 1 aromatic heterocycles. The minimum absolute atomic E-state index is 0.193. The highest BCUT2D eigenvalue weighted by Gasteiger charge is 2.18. The SMILES string of the molecule is CC(C)(C)NC(=O)c1nc(I)c(Br)[nH]1. The average Bonchev–Trinajstić information content (AvgIpc) is 2.28. The molecule has 0 spiro atoms. The number of H-pyrrole nitrogens is 1. The maximum absolute atomic E-state index is 11.6. The number of rotatable bonds is 1. The molecule has 0 atom stereocenters. The van der Waals surface area contributed by atoms with Gasteiger partial charge < -0.3 is 10.3 Å². The average molecular weight is 372 g/mol. The number of nitrogens with zero attached hydrogens (tertiary/aromatic N) is 1. The third kappa shape index (κ3) is 3.23. The molecule has 0 aliphatic carbocycles. The van der Waals surface area contributed by atoms with Crippen molar-refractivity contribution >= 4 is 44.4 Å². The molecular formula is C8H11BrIN3O. The van der Waals surface area contributed by atoms with Gasteiger partial charge in [0.1, 0.15) is 8.30 Å². The van der Waals surface area contributed by atoms with E-state index in [0.717, 1.165) is 8.30 Å². The quantitative estimate of drug-likeness (QED) is 0.744. The minimum Gasteiger partial charge on any atom is -0.345 e. The largest absolute Gasteiger partial charge is 0.345 e. The Bertz CT molecular complexity index is 336. The van der Waals surface area contributed by atoms with Crippen molar-refractivity contribution in [2.24, 2.45) is 0 Å². The molecule has 0 saturated carbocycles. The van der Waals surface area contributed by atoms with E-state index in [9.17, 15) is 4.79 Å². The van der Waals surface area contributed by atoms with Crippen LogP contribution >= 0.6 is 38.5 Å². The van der Waals surface area contributed by atoms with E-state index in [2.05, 4.69) is 31.2 Å². The van der Waals surface area contributed by atoms with Crippen LogP contribution in [0.3, 0.4) is 0 Å². The molecule has 0 aromatic carbocycles. The fourth-order valence-electron chi connectivity index (χ4n) is 0.838. The molecule has 1 heterocycles. The first-order valence-corrected chi connectivity index (χ1v) is 5.90. The predicted molar refractivity (Wildman–Crippen MR) is 66.2 cm³/mol. The first-order valence-electron chi connectivity index (χ1n) is 4.03. The second kappa shape index (κ2) is 4.18. The number of hydrogen-bond donors (Lipinski definition) is 2. The van der Waals surface area contributed by atoms with Crippen molar-refractivity contribution in [1.29, 1.82) is 0 Å². The van der Waals surface area contributed by atoms with Gasteiger partial charge in [-0.3, -0.25) is 4.79 Å². The molecule has 0 fully saturated rings. The summed E-state index contributed by atoms with van der Waals surface area (Å²) < 4.78 is 1.49. The summed E-state index contributed by atoms with van der Waals surface area (Å²) in [6.45, 7) is 5.77. The highest BCUT2D eigenvalue weighted by molar-refractivity contribution is 14.1. The van der Waals surface area contributed by atoms with Crippen molar-refractivity contribution in [1.82, 2.24) is 15.3 Å². The van der Waals surface area contributed by atoms with E-state index in [-0.39, 0.29) is 11.4 Å².